The normalized spacial score (nSPS) is 27.4. The highest BCUT2D eigenvalue weighted by atomic mass is 32.2. The number of aromatic nitrogens is 1. The third kappa shape index (κ3) is 1.99. The van der Waals surface area contributed by atoms with E-state index in [0.29, 0.717) is 13.2 Å². The molecule has 0 radical (unpaired) electrons. The Morgan fingerprint density at radius 2 is 2.36 bits per heavy atom. The second-order valence-corrected chi connectivity index (χ2v) is 6.71. The van der Waals surface area contributed by atoms with Crippen LogP contribution >= 0.6 is 11.8 Å². The average molecular weight is 318 g/mol. The molecule has 114 valence electrons. The van der Waals surface area contributed by atoms with Crippen molar-refractivity contribution in [3.63, 3.8) is 0 Å². The van der Waals surface area contributed by atoms with E-state index in [9.17, 15) is 9.59 Å². The first kappa shape index (κ1) is 13.9. The second kappa shape index (κ2) is 5.17. The summed E-state index contributed by atoms with van der Waals surface area (Å²) in [6.07, 6.45) is 3.56. The van der Waals surface area contributed by atoms with Gasteiger partial charge in [-0.3, -0.25) is 0 Å². The Morgan fingerprint density at radius 3 is 3.14 bits per heavy atom. The number of thioether (sulfide) groups is 1. The van der Waals surface area contributed by atoms with Gasteiger partial charge in [-0.05, 0) is 30.7 Å². The minimum Gasteiger partial charge on any atom is -0.374 e. The summed E-state index contributed by atoms with van der Waals surface area (Å²) < 4.78 is 7.16. The summed E-state index contributed by atoms with van der Waals surface area (Å²) in [5.74, 6) is -0.564. The summed E-state index contributed by atoms with van der Waals surface area (Å²) in [4.78, 5) is 31.1. The first-order chi connectivity index (χ1) is 10.7. The Balaban J connectivity index is 1.71. The fraction of sp³-hybridized carbons (Fsp3) is 0.467. The summed E-state index contributed by atoms with van der Waals surface area (Å²) in [5, 5.41) is 1.57. The van der Waals surface area contributed by atoms with Gasteiger partial charge < -0.3 is 4.74 Å². The van der Waals surface area contributed by atoms with Crippen LogP contribution in [0.1, 0.15) is 24.3 Å². The molecule has 0 spiro atoms. The van der Waals surface area contributed by atoms with Gasteiger partial charge in [0, 0.05) is 18.4 Å². The van der Waals surface area contributed by atoms with E-state index >= 15 is 0 Å². The van der Waals surface area contributed by atoms with E-state index in [-0.39, 0.29) is 18.0 Å². The van der Waals surface area contributed by atoms with Gasteiger partial charge in [0.25, 0.3) is 0 Å². The van der Waals surface area contributed by atoms with Gasteiger partial charge in [-0.2, -0.15) is 14.3 Å². The molecule has 3 aliphatic heterocycles. The molecule has 0 aliphatic carbocycles. The van der Waals surface area contributed by atoms with Crippen LogP contribution in [0.5, 0.6) is 0 Å². The van der Waals surface area contributed by atoms with Gasteiger partial charge in [0.05, 0.1) is 13.2 Å². The van der Waals surface area contributed by atoms with E-state index in [1.54, 1.807) is 17.8 Å². The number of nitrogens with zero attached hydrogens (tertiary/aromatic N) is 3. The molecular formula is C15H16N3O3S+. The van der Waals surface area contributed by atoms with Crippen LogP contribution in [0.15, 0.2) is 23.4 Å². The molecule has 3 amide bonds. The zero-order valence-corrected chi connectivity index (χ0v) is 13.0. The van der Waals surface area contributed by atoms with E-state index in [0.717, 1.165) is 28.5 Å². The number of pyridine rings is 1. The number of fused-ring (bicyclic) bond motifs is 3. The van der Waals surface area contributed by atoms with E-state index in [4.69, 9.17) is 4.74 Å². The molecule has 1 saturated heterocycles. The Bertz CT molecular complexity index is 697. The second-order valence-electron chi connectivity index (χ2n) is 5.70. The number of hydrogen-bond donors (Lipinski definition) is 0. The van der Waals surface area contributed by atoms with Crippen LogP contribution in [0.3, 0.4) is 0 Å². The summed E-state index contributed by atoms with van der Waals surface area (Å²) in [6.45, 7) is 1.05. The minimum atomic E-state index is -0.405. The molecule has 1 fully saturated rings. The lowest BCUT2D eigenvalue weighted by Crippen LogP contribution is -2.53. The van der Waals surface area contributed by atoms with Crippen molar-refractivity contribution in [1.82, 2.24) is 9.88 Å². The first-order valence-corrected chi connectivity index (χ1v) is 8.18. The first-order valence-electron chi connectivity index (χ1n) is 7.37. The summed E-state index contributed by atoms with van der Waals surface area (Å²) in [5.41, 5.74) is 0.893. The molecule has 2 unspecified atom stereocenters. The van der Waals surface area contributed by atoms with Gasteiger partial charge in [0.15, 0.2) is 11.0 Å². The lowest BCUT2D eigenvalue weighted by molar-refractivity contribution is -0.403. The Labute approximate surface area is 132 Å². The molecule has 0 N–H and O–H groups in total. The number of rotatable bonds is 2. The number of carbonyl (C=O) groups is 2. The van der Waals surface area contributed by atoms with Crippen LogP contribution in [0.2, 0.25) is 0 Å². The SMILES string of the molecule is C[N+]1=C2Sc3ncccc3C2C(=O)N(CC2CCCO2)C1=O. The molecule has 22 heavy (non-hydrogen) atoms. The predicted molar refractivity (Wildman–Crippen MR) is 80.1 cm³/mol. The van der Waals surface area contributed by atoms with E-state index in [1.807, 2.05) is 12.1 Å². The molecule has 2 atom stereocenters. The van der Waals surface area contributed by atoms with Crippen LogP contribution in [0, 0.1) is 0 Å². The topological polar surface area (TPSA) is 62.5 Å². The third-order valence-corrected chi connectivity index (χ3v) is 5.58. The predicted octanol–water partition coefficient (Wildman–Crippen LogP) is 1.45. The zero-order valence-electron chi connectivity index (χ0n) is 12.2. The van der Waals surface area contributed by atoms with Crippen LogP contribution in [-0.2, 0) is 9.53 Å². The molecule has 4 rings (SSSR count). The van der Waals surface area contributed by atoms with Crippen molar-refractivity contribution in [2.75, 3.05) is 20.2 Å². The highest BCUT2D eigenvalue weighted by Gasteiger charge is 2.52. The quantitative estimate of drug-likeness (QED) is 0.773. The minimum absolute atomic E-state index is 0.0368. The maximum atomic E-state index is 12.9. The molecule has 7 heteroatoms. The Morgan fingerprint density at radius 1 is 1.50 bits per heavy atom. The van der Waals surface area contributed by atoms with Crippen LogP contribution in [0.4, 0.5) is 4.79 Å². The van der Waals surface area contributed by atoms with Crippen molar-refractivity contribution in [2.45, 2.75) is 29.9 Å². The Hall–Kier alpha value is -1.73. The van der Waals surface area contributed by atoms with Crippen molar-refractivity contribution in [1.29, 1.82) is 0 Å². The van der Waals surface area contributed by atoms with Crippen molar-refractivity contribution in [2.24, 2.45) is 0 Å². The van der Waals surface area contributed by atoms with Gasteiger partial charge in [0.1, 0.15) is 11.6 Å². The van der Waals surface area contributed by atoms with Crippen molar-refractivity contribution >= 4 is 28.7 Å². The van der Waals surface area contributed by atoms with Gasteiger partial charge in [-0.15, -0.1) is 0 Å². The largest absolute Gasteiger partial charge is 0.501 e. The van der Waals surface area contributed by atoms with Crippen molar-refractivity contribution in [3.8, 4) is 0 Å². The highest BCUT2D eigenvalue weighted by molar-refractivity contribution is 8.14. The number of carbonyl (C=O) groups excluding carboxylic acids is 2. The van der Waals surface area contributed by atoms with Crippen LogP contribution in [-0.4, -0.2) is 57.7 Å². The molecule has 0 aromatic carbocycles. The van der Waals surface area contributed by atoms with E-state index < -0.39 is 5.92 Å². The number of ether oxygens (including phenoxy) is 1. The molecule has 4 heterocycles. The molecule has 1 aromatic heterocycles. The van der Waals surface area contributed by atoms with E-state index in [2.05, 4.69) is 4.98 Å². The number of hydrogen-bond acceptors (Lipinski definition) is 5. The van der Waals surface area contributed by atoms with Gasteiger partial charge in [-0.25, -0.2) is 9.78 Å². The number of urea groups is 1. The maximum absolute atomic E-state index is 12.9. The lowest BCUT2D eigenvalue weighted by Gasteiger charge is -2.24. The van der Waals surface area contributed by atoms with E-state index in [1.165, 1.54) is 16.7 Å². The smallest absolute Gasteiger partial charge is 0.374 e. The Kier molecular flexibility index (Phi) is 3.27. The molecule has 0 bridgehead atoms. The summed E-state index contributed by atoms with van der Waals surface area (Å²) in [7, 11) is 1.72. The third-order valence-electron chi connectivity index (χ3n) is 4.33. The monoisotopic (exact) mass is 318 g/mol. The highest BCUT2D eigenvalue weighted by Crippen LogP contribution is 2.42. The van der Waals surface area contributed by atoms with Crippen molar-refractivity contribution in [3.05, 3.63) is 23.9 Å². The molecule has 1 aromatic rings. The number of amides is 3. The summed E-state index contributed by atoms with van der Waals surface area (Å²) in [6, 6.07) is 3.47. The van der Waals surface area contributed by atoms with Gasteiger partial charge in [-0.1, -0.05) is 6.07 Å². The fourth-order valence-corrected chi connectivity index (χ4v) is 4.36. The number of imide groups is 1. The van der Waals surface area contributed by atoms with Crippen LogP contribution < -0.4 is 0 Å². The van der Waals surface area contributed by atoms with Gasteiger partial charge >= 0.3 is 11.9 Å². The molecule has 6 nitrogen and oxygen atoms in total. The van der Waals surface area contributed by atoms with Crippen LogP contribution in [0.25, 0.3) is 0 Å². The fourth-order valence-electron chi connectivity index (χ4n) is 3.19. The maximum Gasteiger partial charge on any atom is 0.501 e. The standard InChI is InChI=1S/C15H16N3O3S/c1-17-14-11(10-5-2-6-16-12(10)22-14)13(19)18(15(17)20)8-9-4-3-7-21-9/h2,5-6,9,11H,3-4,7-8H2,1H3/q+1. The summed E-state index contributed by atoms with van der Waals surface area (Å²) >= 11 is 1.41. The van der Waals surface area contributed by atoms with Gasteiger partial charge in [0.2, 0.25) is 0 Å². The molecular weight excluding hydrogens is 302 g/mol. The molecule has 0 saturated carbocycles. The van der Waals surface area contributed by atoms with Crippen molar-refractivity contribution < 1.29 is 18.9 Å². The average Bonchev–Trinajstić information content (AvgIpc) is 3.16. The lowest BCUT2D eigenvalue weighted by atomic mass is 9.99. The molecule has 3 aliphatic rings. The zero-order chi connectivity index (χ0) is 15.3.